The molecule has 0 N–H and O–H groups in total. The molecule has 124 valence electrons. The van der Waals surface area contributed by atoms with Crippen LogP contribution in [0.3, 0.4) is 0 Å². The van der Waals surface area contributed by atoms with Crippen molar-refractivity contribution in [1.82, 2.24) is 0 Å². The van der Waals surface area contributed by atoms with Crippen molar-refractivity contribution in [3.8, 4) is 0 Å². The van der Waals surface area contributed by atoms with Gasteiger partial charge in [-0.05, 0) is 13.3 Å². The Labute approximate surface area is 109 Å². The van der Waals surface area contributed by atoms with E-state index in [1.807, 2.05) is 13.8 Å². The molecule has 0 aromatic rings. The maximum atomic E-state index is 12.0. The molecular weight excluding hydrogens is 304 g/mol. The number of halogens is 7. The molecule has 0 heterocycles. The minimum absolute atomic E-state index is 0. The van der Waals surface area contributed by atoms with Gasteiger partial charge in [0.2, 0.25) is 6.93 Å². The SMILES string of the molecule is CC.CF.CP(C)(=O)COC(F)(F)CF.F.FCF. The Kier molecular flexibility index (Phi) is 32.9. The Morgan fingerprint density at radius 3 is 1.47 bits per heavy atom. The molecule has 0 aromatic heterocycles. The van der Waals surface area contributed by atoms with E-state index < -0.39 is 33.2 Å². The Hall–Kier alpha value is -0.300. The second kappa shape index (κ2) is 20.0. The van der Waals surface area contributed by atoms with E-state index in [2.05, 4.69) is 4.74 Å². The molecule has 0 saturated heterocycles. The molecule has 0 rings (SSSR count). The van der Waals surface area contributed by atoms with Crippen LogP contribution in [0.2, 0.25) is 0 Å². The molecule has 0 spiro atoms. The summed E-state index contributed by atoms with van der Waals surface area (Å²) in [5, 5.41) is 0. The summed E-state index contributed by atoms with van der Waals surface area (Å²) in [6, 6.07) is 0. The van der Waals surface area contributed by atoms with E-state index in [-0.39, 0.29) is 4.70 Å². The molecule has 19 heavy (non-hydrogen) atoms. The van der Waals surface area contributed by atoms with Crippen molar-refractivity contribution in [1.29, 1.82) is 0 Å². The zero-order chi connectivity index (χ0) is 15.8. The minimum Gasteiger partial charge on any atom is -0.322 e. The van der Waals surface area contributed by atoms with Gasteiger partial charge < -0.3 is 9.30 Å². The van der Waals surface area contributed by atoms with E-state index in [4.69, 9.17) is 0 Å². The van der Waals surface area contributed by atoms with E-state index >= 15 is 0 Å². The van der Waals surface area contributed by atoms with Crippen LogP contribution in [-0.2, 0) is 9.30 Å². The molecule has 10 heteroatoms. The second-order valence-electron chi connectivity index (χ2n) is 2.72. The van der Waals surface area contributed by atoms with Crippen molar-refractivity contribution in [2.75, 3.05) is 40.5 Å². The second-order valence-corrected chi connectivity index (χ2v) is 6.13. The van der Waals surface area contributed by atoms with Gasteiger partial charge in [-0.15, -0.1) is 0 Å². The average molecular weight is 326 g/mol. The van der Waals surface area contributed by atoms with Gasteiger partial charge in [-0.2, -0.15) is 8.78 Å². The summed E-state index contributed by atoms with van der Waals surface area (Å²) in [6.07, 6.45) is -4.38. The fraction of sp³-hybridized carbons (Fsp3) is 1.00. The van der Waals surface area contributed by atoms with Crippen LogP contribution in [0, 0.1) is 0 Å². The molecule has 0 unspecified atom stereocenters. The predicted molar refractivity (Wildman–Crippen MR) is 64.3 cm³/mol. The summed E-state index contributed by atoms with van der Waals surface area (Å²) in [6.45, 7) is 2.95. The van der Waals surface area contributed by atoms with Gasteiger partial charge in [0, 0.05) is 0 Å². The average Bonchev–Trinajstić information content (AvgIpc) is 2.32. The van der Waals surface area contributed by atoms with Crippen LogP contribution in [0.15, 0.2) is 0 Å². The van der Waals surface area contributed by atoms with Crippen LogP contribution in [-0.4, -0.2) is 46.6 Å². The normalized spacial score (nSPS) is 9.42. The first-order valence-corrected chi connectivity index (χ1v) is 7.58. The highest BCUT2D eigenvalue weighted by Gasteiger charge is 2.31. The Morgan fingerprint density at radius 2 is 1.32 bits per heavy atom. The zero-order valence-electron chi connectivity index (χ0n) is 11.6. The first-order valence-electron chi connectivity index (χ1n) is 4.80. The van der Waals surface area contributed by atoms with E-state index in [1.54, 1.807) is 0 Å². The molecule has 0 radical (unpaired) electrons. The lowest BCUT2D eigenvalue weighted by atomic mass is 10.7. The predicted octanol–water partition coefficient (Wildman–Crippen LogP) is 4.79. The van der Waals surface area contributed by atoms with Crippen molar-refractivity contribution in [3.05, 3.63) is 0 Å². The van der Waals surface area contributed by atoms with Gasteiger partial charge in [-0.3, -0.25) is 9.09 Å². The molecule has 0 atom stereocenters. The number of hydrogen-bond donors (Lipinski definition) is 0. The molecule has 0 fully saturated rings. The van der Waals surface area contributed by atoms with Gasteiger partial charge in [0.15, 0.2) is 6.67 Å². The lowest BCUT2D eigenvalue weighted by Crippen LogP contribution is -2.23. The van der Waals surface area contributed by atoms with E-state index in [1.165, 1.54) is 13.3 Å². The summed E-state index contributed by atoms with van der Waals surface area (Å²) in [7, 11) is -2.14. The number of rotatable bonds is 4. The van der Waals surface area contributed by atoms with Gasteiger partial charge in [-0.25, -0.2) is 13.2 Å². The van der Waals surface area contributed by atoms with Crippen LogP contribution in [0.1, 0.15) is 13.8 Å². The molecule has 2 nitrogen and oxygen atoms in total. The highest BCUT2D eigenvalue weighted by atomic mass is 31.2. The van der Waals surface area contributed by atoms with Gasteiger partial charge in [0.05, 0.1) is 7.18 Å². The third kappa shape index (κ3) is 46.4. The van der Waals surface area contributed by atoms with Crippen LogP contribution < -0.4 is 0 Å². The third-order valence-electron chi connectivity index (χ3n) is 0.742. The lowest BCUT2D eigenvalue weighted by Gasteiger charge is -2.14. The van der Waals surface area contributed by atoms with Crippen molar-refractivity contribution >= 4 is 7.14 Å². The fourth-order valence-electron chi connectivity index (χ4n) is 0.288. The number of ether oxygens (including phenoxy) is 1. The summed E-state index contributed by atoms with van der Waals surface area (Å²) in [4.78, 5) is 0. The Morgan fingerprint density at radius 1 is 1.05 bits per heavy atom. The van der Waals surface area contributed by atoms with Crippen LogP contribution in [0.5, 0.6) is 0 Å². The fourth-order valence-corrected chi connectivity index (χ4v) is 0.788. The van der Waals surface area contributed by atoms with E-state index in [9.17, 15) is 30.9 Å². The molecule has 0 aliphatic heterocycles. The topological polar surface area (TPSA) is 26.3 Å². The third-order valence-corrected chi connectivity index (χ3v) is 1.49. The maximum absolute atomic E-state index is 12.0. The largest absolute Gasteiger partial charge is 0.384 e. The molecule has 0 aliphatic carbocycles. The van der Waals surface area contributed by atoms with Crippen LogP contribution >= 0.6 is 7.14 Å². The number of hydrogen-bond acceptors (Lipinski definition) is 2. The van der Waals surface area contributed by atoms with Crippen molar-refractivity contribution < 1.29 is 40.3 Å². The highest BCUT2D eigenvalue weighted by Crippen LogP contribution is 2.37. The van der Waals surface area contributed by atoms with Crippen molar-refractivity contribution in [2.24, 2.45) is 0 Å². The highest BCUT2D eigenvalue weighted by molar-refractivity contribution is 7.62. The first kappa shape index (κ1) is 31.2. The van der Waals surface area contributed by atoms with E-state index in [0.717, 1.165) is 0 Å². The Bertz CT molecular complexity index is 187. The number of alkyl halides is 6. The van der Waals surface area contributed by atoms with Gasteiger partial charge >= 0.3 is 6.11 Å². The van der Waals surface area contributed by atoms with E-state index in [0.29, 0.717) is 7.18 Å². The smallest absolute Gasteiger partial charge is 0.322 e. The van der Waals surface area contributed by atoms with Crippen LogP contribution in [0.4, 0.5) is 31.0 Å². The molecule has 0 saturated carbocycles. The quantitative estimate of drug-likeness (QED) is 0.548. The zero-order valence-corrected chi connectivity index (χ0v) is 12.5. The van der Waals surface area contributed by atoms with Crippen LogP contribution in [0.25, 0.3) is 0 Å². The lowest BCUT2D eigenvalue weighted by molar-refractivity contribution is -0.235. The molecule has 0 bridgehead atoms. The molecular formula is C9H22F7O2P. The van der Waals surface area contributed by atoms with Gasteiger partial charge in [0.25, 0.3) is 0 Å². The van der Waals surface area contributed by atoms with Gasteiger partial charge in [-0.1, -0.05) is 13.8 Å². The van der Waals surface area contributed by atoms with Gasteiger partial charge in [0.1, 0.15) is 13.5 Å². The minimum atomic E-state index is -3.79. The Balaban J connectivity index is -0.0000000697. The summed E-state index contributed by atoms with van der Waals surface area (Å²) in [5.74, 6) is 0. The summed E-state index contributed by atoms with van der Waals surface area (Å²) >= 11 is 0. The monoisotopic (exact) mass is 326 g/mol. The summed E-state index contributed by atoms with van der Waals surface area (Å²) < 4.78 is 78.6. The molecule has 0 aromatic carbocycles. The molecule has 0 amide bonds. The first-order chi connectivity index (χ1) is 8.18. The molecule has 0 aliphatic rings. The summed E-state index contributed by atoms with van der Waals surface area (Å²) in [5.41, 5.74) is 0. The standard InChI is InChI=1S/C5H10F3O2P.C2H6.CH2F2.CH3F.FH/c1-11(2,9)4-10-5(7,8)3-6;1-2;2-1-3;1-2;/h3-4H2,1-2H3;1-2H3;1H2;1H3;1H. The van der Waals surface area contributed by atoms with Crippen molar-refractivity contribution in [3.63, 3.8) is 0 Å². The van der Waals surface area contributed by atoms with Crippen molar-refractivity contribution in [2.45, 2.75) is 20.0 Å². The maximum Gasteiger partial charge on any atom is 0.384 e.